The summed E-state index contributed by atoms with van der Waals surface area (Å²) in [5.74, 6) is 1.85. The second-order valence-electron chi connectivity index (χ2n) is 4.49. The highest BCUT2D eigenvalue weighted by Crippen LogP contribution is 2.25. The number of hydrogen-bond acceptors (Lipinski definition) is 5. The van der Waals surface area contributed by atoms with Crippen LogP contribution in [-0.4, -0.2) is 51.8 Å². The summed E-state index contributed by atoms with van der Waals surface area (Å²) in [5.41, 5.74) is 5.76. The van der Waals surface area contributed by atoms with Crippen LogP contribution in [0.3, 0.4) is 0 Å². The second kappa shape index (κ2) is 5.53. The molecule has 0 bridgehead atoms. The minimum Gasteiger partial charge on any atom is -0.444 e. The zero-order valence-electron chi connectivity index (χ0n) is 10.6. The lowest BCUT2D eigenvalue weighted by molar-refractivity contribution is 0.120. The molecule has 96 valence electrons. The molecular formula is C12H21N3O2. The largest absolute Gasteiger partial charge is 0.444 e. The van der Waals surface area contributed by atoms with Crippen LogP contribution in [0.4, 0.5) is 5.88 Å². The Morgan fingerprint density at radius 1 is 1.35 bits per heavy atom. The fourth-order valence-corrected chi connectivity index (χ4v) is 2.06. The Balaban J connectivity index is 2.08. The molecule has 5 heteroatoms. The van der Waals surface area contributed by atoms with Crippen molar-refractivity contribution in [1.82, 2.24) is 4.90 Å². The van der Waals surface area contributed by atoms with Gasteiger partial charge in [0.25, 0.3) is 0 Å². The predicted molar refractivity (Wildman–Crippen MR) is 67.2 cm³/mol. The molecule has 1 saturated heterocycles. The fourth-order valence-electron chi connectivity index (χ4n) is 2.06. The molecule has 2 N–H and O–H groups in total. The summed E-state index contributed by atoms with van der Waals surface area (Å²) >= 11 is 0. The predicted octanol–water partition coefficient (Wildman–Crippen LogP) is 0.678. The van der Waals surface area contributed by atoms with Crippen LogP contribution < -0.4 is 10.6 Å². The molecule has 0 saturated carbocycles. The summed E-state index contributed by atoms with van der Waals surface area (Å²) in [5, 5.41) is 0. The number of anilines is 1. The van der Waals surface area contributed by atoms with Gasteiger partial charge < -0.3 is 19.8 Å². The number of nitrogens with zero attached hydrogens (tertiary/aromatic N) is 2. The minimum absolute atomic E-state index is 0.143. The number of likely N-dealkylation sites (N-methyl/N-ethyl adjacent to an activating group) is 1. The molecule has 17 heavy (non-hydrogen) atoms. The molecule has 1 aliphatic heterocycles. The Kier molecular flexibility index (Phi) is 4.04. The highest BCUT2D eigenvalue weighted by Gasteiger charge is 2.19. The Hall–Kier alpha value is -1.04. The molecule has 0 aliphatic carbocycles. The summed E-state index contributed by atoms with van der Waals surface area (Å²) in [6.45, 7) is 3.88. The standard InChI is InChI=1S/C12H21N3O2/c1-14(2)10(9-13)11-3-4-12(17-11)15-5-7-16-8-6-15/h3-4,10H,5-9,13H2,1-2H3/t10-/m0/s1. The van der Waals surface area contributed by atoms with Gasteiger partial charge >= 0.3 is 0 Å². The quantitative estimate of drug-likeness (QED) is 0.837. The molecule has 0 aromatic carbocycles. The first-order valence-corrected chi connectivity index (χ1v) is 6.01. The smallest absolute Gasteiger partial charge is 0.195 e. The zero-order valence-corrected chi connectivity index (χ0v) is 10.6. The van der Waals surface area contributed by atoms with Crippen molar-refractivity contribution in [2.24, 2.45) is 5.73 Å². The molecule has 0 unspecified atom stereocenters. The van der Waals surface area contributed by atoms with Crippen LogP contribution in [0.25, 0.3) is 0 Å². The number of rotatable bonds is 4. The molecule has 2 heterocycles. The Morgan fingerprint density at radius 2 is 2.06 bits per heavy atom. The van der Waals surface area contributed by atoms with E-state index in [9.17, 15) is 0 Å². The molecule has 0 radical (unpaired) electrons. The highest BCUT2D eigenvalue weighted by atomic mass is 16.5. The first kappa shape index (κ1) is 12.4. The maximum Gasteiger partial charge on any atom is 0.195 e. The van der Waals surface area contributed by atoms with Gasteiger partial charge in [0, 0.05) is 25.7 Å². The molecule has 5 nitrogen and oxygen atoms in total. The van der Waals surface area contributed by atoms with E-state index < -0.39 is 0 Å². The van der Waals surface area contributed by atoms with E-state index >= 15 is 0 Å². The lowest BCUT2D eigenvalue weighted by Crippen LogP contribution is -2.35. The van der Waals surface area contributed by atoms with Gasteiger partial charge in [-0.1, -0.05) is 0 Å². The van der Waals surface area contributed by atoms with E-state index in [1.54, 1.807) is 0 Å². The minimum atomic E-state index is 0.143. The van der Waals surface area contributed by atoms with Crippen LogP contribution in [0.5, 0.6) is 0 Å². The van der Waals surface area contributed by atoms with Gasteiger partial charge in [-0.2, -0.15) is 0 Å². The lowest BCUT2D eigenvalue weighted by atomic mass is 10.2. The molecule has 1 atom stereocenters. The van der Waals surface area contributed by atoms with Crippen molar-refractivity contribution < 1.29 is 9.15 Å². The van der Waals surface area contributed by atoms with Gasteiger partial charge in [0.05, 0.1) is 19.3 Å². The third-order valence-corrected chi connectivity index (χ3v) is 3.11. The highest BCUT2D eigenvalue weighted by molar-refractivity contribution is 5.37. The number of furan rings is 1. The fraction of sp³-hybridized carbons (Fsp3) is 0.667. The summed E-state index contributed by atoms with van der Waals surface area (Å²) in [4.78, 5) is 4.28. The average molecular weight is 239 g/mol. The molecule has 1 aromatic heterocycles. The van der Waals surface area contributed by atoms with Gasteiger partial charge in [-0.25, -0.2) is 0 Å². The van der Waals surface area contributed by atoms with E-state index in [1.165, 1.54) is 0 Å². The first-order chi connectivity index (χ1) is 8.22. The molecule has 0 spiro atoms. The first-order valence-electron chi connectivity index (χ1n) is 6.01. The van der Waals surface area contributed by atoms with Gasteiger partial charge in [-0.05, 0) is 20.2 Å². The normalized spacial score (nSPS) is 18.7. The summed E-state index contributed by atoms with van der Waals surface area (Å²) in [6.07, 6.45) is 0. The number of ether oxygens (including phenoxy) is 1. The van der Waals surface area contributed by atoms with Crippen molar-refractivity contribution in [3.63, 3.8) is 0 Å². The lowest BCUT2D eigenvalue weighted by Gasteiger charge is -2.26. The molecule has 1 aromatic rings. The third-order valence-electron chi connectivity index (χ3n) is 3.11. The number of morpholine rings is 1. The Morgan fingerprint density at radius 3 is 2.65 bits per heavy atom. The molecular weight excluding hydrogens is 218 g/mol. The molecule has 0 amide bonds. The van der Waals surface area contributed by atoms with Crippen LogP contribution >= 0.6 is 0 Å². The summed E-state index contributed by atoms with van der Waals surface area (Å²) in [7, 11) is 4.02. The van der Waals surface area contributed by atoms with Crippen molar-refractivity contribution in [3.05, 3.63) is 17.9 Å². The summed E-state index contributed by atoms with van der Waals surface area (Å²) < 4.78 is 11.2. The van der Waals surface area contributed by atoms with Crippen LogP contribution in [-0.2, 0) is 4.74 Å². The SMILES string of the molecule is CN(C)[C@@H](CN)c1ccc(N2CCOCC2)o1. The van der Waals surface area contributed by atoms with Crippen LogP contribution in [0.15, 0.2) is 16.5 Å². The summed E-state index contributed by atoms with van der Waals surface area (Å²) in [6, 6.07) is 4.18. The van der Waals surface area contributed by atoms with Gasteiger partial charge in [0.2, 0.25) is 0 Å². The van der Waals surface area contributed by atoms with Crippen molar-refractivity contribution in [2.75, 3.05) is 51.8 Å². The van der Waals surface area contributed by atoms with Gasteiger partial charge in [-0.3, -0.25) is 4.90 Å². The van der Waals surface area contributed by atoms with E-state index in [1.807, 2.05) is 26.2 Å². The average Bonchev–Trinajstić information content (AvgIpc) is 2.80. The van der Waals surface area contributed by atoms with Crippen molar-refractivity contribution in [2.45, 2.75) is 6.04 Å². The van der Waals surface area contributed by atoms with E-state index in [0.717, 1.165) is 37.9 Å². The Bertz CT molecular complexity index is 345. The van der Waals surface area contributed by atoms with E-state index in [4.69, 9.17) is 14.9 Å². The molecule has 2 rings (SSSR count). The number of nitrogens with two attached hydrogens (primary N) is 1. The van der Waals surface area contributed by atoms with Gasteiger partial charge in [0.15, 0.2) is 5.88 Å². The van der Waals surface area contributed by atoms with E-state index in [2.05, 4.69) is 9.80 Å². The van der Waals surface area contributed by atoms with Crippen LogP contribution in [0, 0.1) is 0 Å². The van der Waals surface area contributed by atoms with E-state index in [0.29, 0.717) is 6.54 Å². The Labute approximate surface area is 102 Å². The van der Waals surface area contributed by atoms with Crippen LogP contribution in [0.1, 0.15) is 11.8 Å². The van der Waals surface area contributed by atoms with Crippen LogP contribution in [0.2, 0.25) is 0 Å². The number of hydrogen-bond donors (Lipinski definition) is 1. The maximum absolute atomic E-state index is 5.89. The molecule has 1 aliphatic rings. The van der Waals surface area contributed by atoms with Crippen molar-refractivity contribution >= 4 is 5.88 Å². The third kappa shape index (κ3) is 2.80. The zero-order chi connectivity index (χ0) is 12.3. The van der Waals surface area contributed by atoms with Crippen molar-refractivity contribution in [3.8, 4) is 0 Å². The maximum atomic E-state index is 5.89. The van der Waals surface area contributed by atoms with Gasteiger partial charge in [0.1, 0.15) is 5.76 Å². The molecule has 1 fully saturated rings. The van der Waals surface area contributed by atoms with Crippen molar-refractivity contribution in [1.29, 1.82) is 0 Å². The van der Waals surface area contributed by atoms with E-state index in [-0.39, 0.29) is 6.04 Å². The van der Waals surface area contributed by atoms with Gasteiger partial charge in [-0.15, -0.1) is 0 Å². The monoisotopic (exact) mass is 239 g/mol. The second-order valence-corrected chi connectivity index (χ2v) is 4.49. The topological polar surface area (TPSA) is 54.9 Å².